The molecule has 0 aliphatic rings. The summed E-state index contributed by atoms with van der Waals surface area (Å²) in [5.74, 6) is 0.628. The molecule has 2 rings (SSSR count). The number of ketones is 1. The van der Waals surface area contributed by atoms with E-state index in [-0.39, 0.29) is 12.6 Å². The normalized spacial score (nSPS) is 10.9. The van der Waals surface area contributed by atoms with Gasteiger partial charge in [-0.3, -0.25) is 4.79 Å². The number of carbonyl (C=O) groups is 1. The first-order valence-electron chi connectivity index (χ1n) is 6.80. The highest BCUT2D eigenvalue weighted by atomic mass is 35.5. The summed E-state index contributed by atoms with van der Waals surface area (Å²) in [6, 6.07) is 12.6. The van der Waals surface area contributed by atoms with E-state index in [1.54, 1.807) is 43.5 Å². The third-order valence-electron chi connectivity index (χ3n) is 3.10. The summed E-state index contributed by atoms with van der Waals surface area (Å²) in [6.07, 6.45) is 3.33. The molecule has 0 aliphatic heterocycles. The second-order valence-electron chi connectivity index (χ2n) is 4.78. The lowest BCUT2D eigenvalue weighted by atomic mass is 10.0. The third kappa shape index (κ3) is 4.45. The van der Waals surface area contributed by atoms with E-state index in [0.29, 0.717) is 16.3 Å². The molecule has 0 aliphatic carbocycles. The summed E-state index contributed by atoms with van der Waals surface area (Å²) in [7, 11) is 1.56. The summed E-state index contributed by atoms with van der Waals surface area (Å²) in [6.45, 7) is 2.06. The first-order valence-corrected chi connectivity index (χ1v) is 7.18. The van der Waals surface area contributed by atoms with Gasteiger partial charge in [0.15, 0.2) is 12.6 Å². The molecule has 0 radical (unpaired) electrons. The van der Waals surface area contributed by atoms with Crippen molar-refractivity contribution in [3.05, 3.63) is 70.3 Å². The predicted octanol–water partition coefficient (Wildman–Crippen LogP) is 4.53. The Morgan fingerprint density at radius 1 is 1.18 bits per heavy atom. The molecule has 0 amide bonds. The average Bonchev–Trinajstić information content (AvgIpc) is 2.52. The highest BCUT2D eigenvalue weighted by Crippen LogP contribution is 2.19. The fourth-order valence-electron chi connectivity index (χ4n) is 1.96. The summed E-state index contributed by atoms with van der Waals surface area (Å²) >= 11 is 5.83. The van der Waals surface area contributed by atoms with Crippen LogP contribution in [-0.4, -0.2) is 19.7 Å². The fourth-order valence-corrected chi connectivity index (χ4v) is 2.09. The summed E-state index contributed by atoms with van der Waals surface area (Å²) in [5.41, 5.74) is 2.43. The van der Waals surface area contributed by atoms with Crippen molar-refractivity contribution >= 4 is 23.5 Å². The Kier molecular flexibility index (Phi) is 5.75. The molecule has 22 heavy (non-hydrogen) atoms. The van der Waals surface area contributed by atoms with Crippen LogP contribution in [0.2, 0.25) is 5.02 Å². The average molecular weight is 317 g/mol. The minimum absolute atomic E-state index is 0.0502. The molecule has 0 saturated carbocycles. The van der Waals surface area contributed by atoms with E-state index < -0.39 is 0 Å². The van der Waals surface area contributed by atoms with Crippen molar-refractivity contribution in [1.82, 2.24) is 0 Å². The van der Waals surface area contributed by atoms with Gasteiger partial charge >= 0.3 is 0 Å². The lowest BCUT2D eigenvalue weighted by molar-refractivity contribution is 0.0511. The smallest absolute Gasteiger partial charge is 0.188 e. The summed E-state index contributed by atoms with van der Waals surface area (Å²) in [5, 5.41) is 0.672. The molecular formula is C18H17ClO3. The van der Waals surface area contributed by atoms with E-state index >= 15 is 0 Å². The fraction of sp³-hybridized carbons (Fsp3) is 0.167. The van der Waals surface area contributed by atoms with Gasteiger partial charge in [-0.15, -0.1) is 0 Å². The van der Waals surface area contributed by atoms with Gasteiger partial charge in [-0.1, -0.05) is 29.8 Å². The number of rotatable bonds is 6. The molecule has 0 bridgehead atoms. The number of carbonyl (C=O) groups excluding carboxylic acids is 1. The maximum Gasteiger partial charge on any atom is 0.188 e. The van der Waals surface area contributed by atoms with Crippen LogP contribution in [0.1, 0.15) is 21.5 Å². The molecule has 3 nitrogen and oxygen atoms in total. The van der Waals surface area contributed by atoms with Crippen molar-refractivity contribution in [1.29, 1.82) is 0 Å². The maximum absolute atomic E-state index is 12.3. The van der Waals surface area contributed by atoms with Crippen LogP contribution in [0.15, 0.2) is 48.5 Å². The third-order valence-corrected chi connectivity index (χ3v) is 3.36. The molecule has 0 heterocycles. The predicted molar refractivity (Wildman–Crippen MR) is 88.5 cm³/mol. The lowest BCUT2D eigenvalue weighted by Crippen LogP contribution is -2.02. The van der Waals surface area contributed by atoms with Crippen LogP contribution in [0.3, 0.4) is 0 Å². The number of aryl methyl sites for hydroxylation is 1. The first-order chi connectivity index (χ1) is 10.6. The Hall–Kier alpha value is -2.10. The quantitative estimate of drug-likeness (QED) is 0.446. The Labute approximate surface area is 135 Å². The van der Waals surface area contributed by atoms with Crippen molar-refractivity contribution < 1.29 is 14.3 Å². The van der Waals surface area contributed by atoms with Gasteiger partial charge in [-0.05, 0) is 54.5 Å². The van der Waals surface area contributed by atoms with Crippen LogP contribution >= 0.6 is 11.6 Å². The second-order valence-corrected chi connectivity index (χ2v) is 5.21. The van der Waals surface area contributed by atoms with Crippen molar-refractivity contribution in [3.8, 4) is 5.75 Å². The number of halogens is 1. The molecule has 0 spiro atoms. The molecule has 0 N–H and O–H groups in total. The zero-order valence-electron chi connectivity index (χ0n) is 12.5. The molecule has 4 heteroatoms. The van der Waals surface area contributed by atoms with E-state index in [1.165, 1.54) is 0 Å². The minimum Gasteiger partial charge on any atom is -0.468 e. The summed E-state index contributed by atoms with van der Waals surface area (Å²) < 4.78 is 10.2. The van der Waals surface area contributed by atoms with Crippen LogP contribution in [0.4, 0.5) is 0 Å². The Morgan fingerprint density at radius 3 is 2.55 bits per heavy atom. The number of benzene rings is 2. The topological polar surface area (TPSA) is 35.5 Å². The molecule has 2 aromatic carbocycles. The second kappa shape index (κ2) is 7.78. The van der Waals surface area contributed by atoms with Crippen LogP contribution in [0.5, 0.6) is 5.75 Å². The number of allylic oxidation sites excluding steroid dienone is 1. The number of hydrogen-bond acceptors (Lipinski definition) is 3. The van der Waals surface area contributed by atoms with Crippen molar-refractivity contribution in [3.63, 3.8) is 0 Å². The zero-order chi connectivity index (χ0) is 15.9. The molecule has 0 aromatic heterocycles. The van der Waals surface area contributed by atoms with E-state index in [2.05, 4.69) is 0 Å². The molecular weight excluding hydrogens is 300 g/mol. The van der Waals surface area contributed by atoms with Gasteiger partial charge in [0.1, 0.15) is 5.75 Å². The highest BCUT2D eigenvalue weighted by molar-refractivity contribution is 6.30. The number of hydrogen-bond donors (Lipinski definition) is 0. The van der Waals surface area contributed by atoms with E-state index in [4.69, 9.17) is 21.1 Å². The van der Waals surface area contributed by atoms with Crippen molar-refractivity contribution in [2.45, 2.75) is 6.92 Å². The van der Waals surface area contributed by atoms with Crippen molar-refractivity contribution in [2.75, 3.05) is 13.9 Å². The maximum atomic E-state index is 12.3. The molecule has 0 fully saturated rings. The molecule has 2 aromatic rings. The Morgan fingerprint density at radius 2 is 1.91 bits per heavy atom. The number of methoxy groups -OCH3 is 1. The SMILES string of the molecule is COCOc1ccc(C(=O)/C=C/c2ccc(Cl)cc2)c(C)c1. The number of ether oxygens (including phenoxy) is 2. The molecule has 0 unspecified atom stereocenters. The van der Waals surface area contributed by atoms with Crippen LogP contribution in [0.25, 0.3) is 6.08 Å². The monoisotopic (exact) mass is 316 g/mol. The molecule has 0 atom stereocenters. The van der Waals surface area contributed by atoms with Gasteiger partial charge < -0.3 is 9.47 Å². The van der Waals surface area contributed by atoms with Gasteiger partial charge in [-0.2, -0.15) is 0 Å². The molecule has 114 valence electrons. The standard InChI is InChI=1S/C18H17ClO3/c1-13-11-16(22-12-21-2)8-9-17(13)18(20)10-5-14-3-6-15(19)7-4-14/h3-11H,12H2,1-2H3/b10-5+. The first kappa shape index (κ1) is 16.3. The molecule has 0 saturated heterocycles. The lowest BCUT2D eigenvalue weighted by Gasteiger charge is -2.07. The van der Waals surface area contributed by atoms with Gasteiger partial charge in [0.2, 0.25) is 0 Å². The van der Waals surface area contributed by atoms with Crippen LogP contribution < -0.4 is 4.74 Å². The van der Waals surface area contributed by atoms with Crippen LogP contribution in [0, 0.1) is 6.92 Å². The van der Waals surface area contributed by atoms with Gasteiger partial charge in [0.25, 0.3) is 0 Å². The summed E-state index contributed by atoms with van der Waals surface area (Å²) in [4.78, 5) is 12.3. The Bertz CT molecular complexity index is 675. The highest BCUT2D eigenvalue weighted by Gasteiger charge is 2.07. The van der Waals surface area contributed by atoms with Gasteiger partial charge in [0, 0.05) is 17.7 Å². The van der Waals surface area contributed by atoms with E-state index in [1.807, 2.05) is 25.1 Å². The largest absolute Gasteiger partial charge is 0.468 e. The zero-order valence-corrected chi connectivity index (χ0v) is 13.3. The van der Waals surface area contributed by atoms with Crippen molar-refractivity contribution in [2.24, 2.45) is 0 Å². The van der Waals surface area contributed by atoms with E-state index in [0.717, 1.165) is 11.1 Å². The van der Waals surface area contributed by atoms with Crippen LogP contribution in [-0.2, 0) is 4.74 Å². The van der Waals surface area contributed by atoms with Gasteiger partial charge in [0.05, 0.1) is 0 Å². The Balaban J connectivity index is 2.10. The minimum atomic E-state index is -0.0502. The van der Waals surface area contributed by atoms with E-state index in [9.17, 15) is 4.79 Å². The van der Waals surface area contributed by atoms with Gasteiger partial charge in [-0.25, -0.2) is 0 Å².